The highest BCUT2D eigenvalue weighted by Gasteiger charge is 2.07. The van der Waals surface area contributed by atoms with Gasteiger partial charge in [-0.1, -0.05) is 13.0 Å². The first-order valence-electron chi connectivity index (χ1n) is 6.68. The van der Waals surface area contributed by atoms with E-state index in [0.29, 0.717) is 0 Å². The lowest BCUT2D eigenvalue weighted by atomic mass is 10.3. The zero-order chi connectivity index (χ0) is 13.5. The zero-order valence-corrected chi connectivity index (χ0v) is 13.2. The Bertz CT molecular complexity index is 465. The zero-order valence-electron chi connectivity index (χ0n) is 11.6. The number of hydrogen-bond donors (Lipinski definition) is 1. The smallest absolute Gasteiger partial charge is 0.185 e. The largest absolute Gasteiger partial charge is 0.351 e. The van der Waals surface area contributed by atoms with Crippen molar-refractivity contribution in [2.45, 2.75) is 26.3 Å². The van der Waals surface area contributed by atoms with Crippen LogP contribution in [0, 0.1) is 0 Å². The van der Waals surface area contributed by atoms with Crippen LogP contribution in [0.25, 0.3) is 0 Å². The van der Waals surface area contributed by atoms with E-state index in [1.54, 1.807) is 11.3 Å². The van der Waals surface area contributed by atoms with Crippen LogP contribution >= 0.6 is 22.7 Å². The summed E-state index contributed by atoms with van der Waals surface area (Å²) >= 11 is 3.56. The number of nitrogens with zero attached hydrogens (tertiary/aromatic N) is 2. The molecule has 0 aliphatic heterocycles. The number of anilines is 1. The predicted molar refractivity (Wildman–Crippen MR) is 85.4 cm³/mol. The fourth-order valence-electron chi connectivity index (χ4n) is 1.77. The average Bonchev–Trinajstić information content (AvgIpc) is 3.07. The van der Waals surface area contributed by atoms with Gasteiger partial charge in [-0.3, -0.25) is 0 Å². The van der Waals surface area contributed by atoms with E-state index in [9.17, 15) is 0 Å². The molecule has 0 radical (unpaired) electrons. The van der Waals surface area contributed by atoms with Crippen molar-refractivity contribution in [1.29, 1.82) is 0 Å². The van der Waals surface area contributed by atoms with Gasteiger partial charge in [0.2, 0.25) is 0 Å². The van der Waals surface area contributed by atoms with Gasteiger partial charge in [-0.25, -0.2) is 4.98 Å². The molecule has 2 aromatic heterocycles. The minimum atomic E-state index is 0.878. The maximum atomic E-state index is 4.67. The molecule has 0 aliphatic carbocycles. The lowest BCUT2D eigenvalue weighted by Crippen LogP contribution is -2.20. The maximum Gasteiger partial charge on any atom is 0.185 e. The van der Waals surface area contributed by atoms with E-state index in [1.807, 2.05) is 11.3 Å². The van der Waals surface area contributed by atoms with Crippen LogP contribution in [0.4, 0.5) is 5.13 Å². The molecule has 1 N–H and O–H groups in total. The summed E-state index contributed by atoms with van der Waals surface area (Å²) in [5.74, 6) is 0. The van der Waals surface area contributed by atoms with Gasteiger partial charge in [-0.2, -0.15) is 0 Å². The molecule has 104 valence electrons. The van der Waals surface area contributed by atoms with E-state index in [2.05, 4.69) is 52.1 Å². The quantitative estimate of drug-likeness (QED) is 0.757. The van der Waals surface area contributed by atoms with Crippen LogP contribution in [0.5, 0.6) is 0 Å². The lowest BCUT2D eigenvalue weighted by Gasteiger charge is -2.14. The molecule has 0 amide bonds. The third-order valence-electron chi connectivity index (χ3n) is 2.87. The number of thiophene rings is 1. The Morgan fingerprint density at radius 3 is 3.00 bits per heavy atom. The Balaban J connectivity index is 1.80. The number of thiazole rings is 1. The number of hydrogen-bond acceptors (Lipinski definition) is 5. The van der Waals surface area contributed by atoms with Crippen molar-refractivity contribution in [3.8, 4) is 0 Å². The van der Waals surface area contributed by atoms with Gasteiger partial charge in [-0.15, -0.1) is 22.7 Å². The number of aromatic nitrogens is 1. The van der Waals surface area contributed by atoms with E-state index in [-0.39, 0.29) is 0 Å². The summed E-state index contributed by atoms with van der Waals surface area (Å²) in [6.07, 6.45) is 2.26. The first kappa shape index (κ1) is 14.5. The fraction of sp³-hybridized carbons (Fsp3) is 0.500. The molecule has 19 heavy (non-hydrogen) atoms. The summed E-state index contributed by atoms with van der Waals surface area (Å²) < 4.78 is 0. The Kier molecular flexibility index (Phi) is 5.82. The highest BCUT2D eigenvalue weighted by molar-refractivity contribution is 7.13. The SMILES string of the molecule is CCCNCc1csc(N(C)CCc2cccs2)n1. The minimum absolute atomic E-state index is 0.878. The molecule has 2 rings (SSSR count). The standard InChI is InChI=1S/C14H21N3S2/c1-3-7-15-10-12-11-19-14(16-12)17(2)8-6-13-5-4-9-18-13/h4-5,9,11,15H,3,6-8,10H2,1-2H3. The first-order chi connectivity index (χ1) is 9.29. The van der Waals surface area contributed by atoms with Crippen molar-refractivity contribution in [2.75, 3.05) is 25.0 Å². The van der Waals surface area contributed by atoms with Gasteiger partial charge in [0.15, 0.2) is 5.13 Å². The van der Waals surface area contributed by atoms with Crippen LogP contribution in [0.3, 0.4) is 0 Å². The molecule has 2 heterocycles. The predicted octanol–water partition coefficient (Wildman–Crippen LogP) is 3.38. The first-order valence-corrected chi connectivity index (χ1v) is 8.44. The van der Waals surface area contributed by atoms with Gasteiger partial charge in [0.25, 0.3) is 0 Å². The highest BCUT2D eigenvalue weighted by atomic mass is 32.1. The van der Waals surface area contributed by atoms with E-state index < -0.39 is 0 Å². The molecule has 5 heteroatoms. The molecule has 0 fully saturated rings. The summed E-state index contributed by atoms with van der Waals surface area (Å²) in [6.45, 7) is 5.14. The third kappa shape index (κ3) is 4.60. The van der Waals surface area contributed by atoms with Crippen molar-refractivity contribution < 1.29 is 0 Å². The van der Waals surface area contributed by atoms with Crippen molar-refractivity contribution in [3.63, 3.8) is 0 Å². The molecular formula is C14H21N3S2. The van der Waals surface area contributed by atoms with Gasteiger partial charge in [0.1, 0.15) is 0 Å². The van der Waals surface area contributed by atoms with Crippen molar-refractivity contribution in [3.05, 3.63) is 33.5 Å². The van der Waals surface area contributed by atoms with Crippen molar-refractivity contribution in [1.82, 2.24) is 10.3 Å². The Hall–Kier alpha value is -0.910. The van der Waals surface area contributed by atoms with Gasteiger partial charge in [0, 0.05) is 30.4 Å². The van der Waals surface area contributed by atoms with Crippen LogP contribution in [-0.4, -0.2) is 25.1 Å². The highest BCUT2D eigenvalue weighted by Crippen LogP contribution is 2.20. The van der Waals surface area contributed by atoms with Crippen LogP contribution in [0.15, 0.2) is 22.9 Å². The molecule has 0 aromatic carbocycles. The third-order valence-corrected chi connectivity index (χ3v) is 4.81. The summed E-state index contributed by atoms with van der Waals surface area (Å²) in [5, 5.41) is 8.79. The Labute approximate surface area is 123 Å². The molecule has 0 bridgehead atoms. The molecule has 0 spiro atoms. The summed E-state index contributed by atoms with van der Waals surface area (Å²) in [5.41, 5.74) is 1.15. The lowest BCUT2D eigenvalue weighted by molar-refractivity contribution is 0.666. The van der Waals surface area contributed by atoms with Gasteiger partial charge < -0.3 is 10.2 Å². The number of nitrogens with one attached hydrogen (secondary N) is 1. The Morgan fingerprint density at radius 2 is 2.26 bits per heavy atom. The normalized spacial score (nSPS) is 10.8. The fourth-order valence-corrected chi connectivity index (χ4v) is 3.29. The van der Waals surface area contributed by atoms with E-state index in [4.69, 9.17) is 0 Å². The monoisotopic (exact) mass is 295 g/mol. The number of likely N-dealkylation sites (N-methyl/N-ethyl adjacent to an activating group) is 1. The van der Waals surface area contributed by atoms with Crippen LogP contribution in [-0.2, 0) is 13.0 Å². The second kappa shape index (κ2) is 7.62. The maximum absolute atomic E-state index is 4.67. The average molecular weight is 295 g/mol. The molecule has 2 aromatic rings. The molecule has 0 atom stereocenters. The molecule has 0 unspecified atom stereocenters. The van der Waals surface area contributed by atoms with E-state index in [1.165, 1.54) is 4.88 Å². The minimum Gasteiger partial charge on any atom is -0.351 e. The van der Waals surface area contributed by atoms with Crippen molar-refractivity contribution >= 4 is 27.8 Å². The van der Waals surface area contributed by atoms with Gasteiger partial charge in [-0.05, 0) is 30.8 Å². The van der Waals surface area contributed by atoms with Crippen LogP contribution in [0.2, 0.25) is 0 Å². The second-order valence-corrected chi connectivity index (χ2v) is 6.42. The molecular weight excluding hydrogens is 274 g/mol. The topological polar surface area (TPSA) is 28.2 Å². The van der Waals surface area contributed by atoms with Gasteiger partial charge in [0.05, 0.1) is 5.69 Å². The summed E-state index contributed by atoms with van der Waals surface area (Å²) in [4.78, 5) is 8.35. The van der Waals surface area contributed by atoms with Crippen LogP contribution in [0.1, 0.15) is 23.9 Å². The molecule has 0 saturated heterocycles. The molecule has 0 saturated carbocycles. The van der Waals surface area contributed by atoms with E-state index in [0.717, 1.165) is 43.3 Å². The second-order valence-electron chi connectivity index (χ2n) is 4.55. The molecule has 3 nitrogen and oxygen atoms in total. The Morgan fingerprint density at radius 1 is 1.37 bits per heavy atom. The van der Waals surface area contributed by atoms with E-state index >= 15 is 0 Å². The summed E-state index contributed by atoms with van der Waals surface area (Å²) in [7, 11) is 2.12. The number of rotatable bonds is 8. The van der Waals surface area contributed by atoms with Gasteiger partial charge >= 0.3 is 0 Å². The molecule has 0 aliphatic rings. The van der Waals surface area contributed by atoms with Crippen LogP contribution < -0.4 is 10.2 Å². The van der Waals surface area contributed by atoms with Crippen molar-refractivity contribution in [2.24, 2.45) is 0 Å². The summed E-state index contributed by atoms with van der Waals surface area (Å²) in [6, 6.07) is 4.31.